The van der Waals surface area contributed by atoms with Gasteiger partial charge in [-0.05, 0) is 20.3 Å². The van der Waals surface area contributed by atoms with Gasteiger partial charge in [0.25, 0.3) is 0 Å². The van der Waals surface area contributed by atoms with Crippen molar-refractivity contribution in [3.05, 3.63) is 35.2 Å². The Morgan fingerprint density at radius 3 is 2.60 bits per heavy atom. The molecule has 8 heteroatoms. The van der Waals surface area contributed by atoms with Crippen molar-refractivity contribution in [3.63, 3.8) is 0 Å². The Balaban J connectivity index is 2.05. The second-order valence-electron chi connectivity index (χ2n) is 6.62. The molecule has 0 unspecified atom stereocenters. The molecule has 0 aromatic carbocycles. The SMILES string of the molecule is Cc1nn(C)c(C)c1CN1C(=O)CC[C@H](C(=O)O)[C@H]1c1nccn1C. The molecule has 2 aromatic rings. The van der Waals surface area contributed by atoms with E-state index in [0.717, 1.165) is 17.0 Å². The Morgan fingerprint density at radius 1 is 1.36 bits per heavy atom. The highest BCUT2D eigenvalue weighted by molar-refractivity contribution is 5.81. The number of carbonyl (C=O) groups excluding carboxylic acids is 1. The van der Waals surface area contributed by atoms with Crippen LogP contribution in [0, 0.1) is 19.8 Å². The van der Waals surface area contributed by atoms with Crippen molar-refractivity contribution in [3.8, 4) is 0 Å². The highest BCUT2D eigenvalue weighted by Gasteiger charge is 2.43. The van der Waals surface area contributed by atoms with Gasteiger partial charge in [-0.2, -0.15) is 5.10 Å². The molecule has 134 valence electrons. The van der Waals surface area contributed by atoms with E-state index in [-0.39, 0.29) is 12.3 Å². The van der Waals surface area contributed by atoms with Crippen LogP contribution in [0.4, 0.5) is 0 Å². The Hall–Kier alpha value is -2.64. The summed E-state index contributed by atoms with van der Waals surface area (Å²) in [5.41, 5.74) is 2.78. The largest absolute Gasteiger partial charge is 0.481 e. The van der Waals surface area contributed by atoms with Crippen molar-refractivity contribution in [2.24, 2.45) is 20.0 Å². The van der Waals surface area contributed by atoms with Gasteiger partial charge in [0.1, 0.15) is 11.9 Å². The molecule has 2 atom stereocenters. The maximum Gasteiger partial charge on any atom is 0.309 e. The van der Waals surface area contributed by atoms with Crippen molar-refractivity contribution in [2.45, 2.75) is 39.3 Å². The molecule has 1 N–H and O–H groups in total. The summed E-state index contributed by atoms with van der Waals surface area (Å²) < 4.78 is 3.57. The van der Waals surface area contributed by atoms with Crippen molar-refractivity contribution in [1.29, 1.82) is 0 Å². The van der Waals surface area contributed by atoms with E-state index in [9.17, 15) is 14.7 Å². The zero-order valence-corrected chi connectivity index (χ0v) is 14.9. The third-order valence-electron chi connectivity index (χ3n) is 5.13. The van der Waals surface area contributed by atoms with E-state index < -0.39 is 17.9 Å². The standard InChI is InChI=1S/C17H23N5O3/c1-10-13(11(2)21(4)19-10)9-22-14(23)6-5-12(17(24)25)15(22)16-18-7-8-20(16)3/h7-8,12,15H,5-6,9H2,1-4H3,(H,24,25)/t12-,15-/m0/s1. The summed E-state index contributed by atoms with van der Waals surface area (Å²) >= 11 is 0. The van der Waals surface area contributed by atoms with Gasteiger partial charge in [-0.3, -0.25) is 14.3 Å². The fourth-order valence-electron chi connectivity index (χ4n) is 3.60. The van der Waals surface area contributed by atoms with Gasteiger partial charge in [-0.15, -0.1) is 0 Å². The summed E-state index contributed by atoms with van der Waals surface area (Å²) in [6.07, 6.45) is 3.96. The highest BCUT2D eigenvalue weighted by Crippen LogP contribution is 2.37. The summed E-state index contributed by atoms with van der Waals surface area (Å²) in [6, 6.07) is -0.585. The normalized spacial score (nSPS) is 21.0. The van der Waals surface area contributed by atoms with E-state index in [1.165, 1.54) is 0 Å². The van der Waals surface area contributed by atoms with Crippen LogP contribution in [0.25, 0.3) is 0 Å². The summed E-state index contributed by atoms with van der Waals surface area (Å²) in [5, 5.41) is 14.1. The molecule has 0 saturated carbocycles. The number of carboxylic acids is 1. The predicted octanol–water partition coefficient (Wildman–Crippen LogP) is 1.33. The van der Waals surface area contributed by atoms with Gasteiger partial charge in [0, 0.05) is 44.2 Å². The molecule has 1 saturated heterocycles. The first kappa shape index (κ1) is 17.2. The Bertz CT molecular complexity index is 822. The van der Waals surface area contributed by atoms with Gasteiger partial charge < -0.3 is 14.6 Å². The lowest BCUT2D eigenvalue weighted by molar-refractivity contribution is -0.153. The Morgan fingerprint density at radius 2 is 2.08 bits per heavy atom. The average molecular weight is 345 g/mol. The molecular formula is C17H23N5O3. The molecule has 1 aliphatic heterocycles. The number of nitrogens with zero attached hydrogens (tertiary/aromatic N) is 5. The van der Waals surface area contributed by atoms with Crippen LogP contribution < -0.4 is 0 Å². The summed E-state index contributed by atoms with van der Waals surface area (Å²) in [4.78, 5) is 30.5. The molecular weight excluding hydrogens is 322 g/mol. The van der Waals surface area contributed by atoms with Crippen LogP contribution in [0.5, 0.6) is 0 Å². The smallest absolute Gasteiger partial charge is 0.309 e. The lowest BCUT2D eigenvalue weighted by Crippen LogP contribution is -2.46. The van der Waals surface area contributed by atoms with E-state index >= 15 is 0 Å². The second-order valence-corrected chi connectivity index (χ2v) is 6.62. The number of hydrogen-bond donors (Lipinski definition) is 1. The molecule has 3 rings (SSSR count). The molecule has 8 nitrogen and oxygen atoms in total. The summed E-state index contributed by atoms with van der Waals surface area (Å²) in [7, 11) is 3.68. The number of amides is 1. The fourth-order valence-corrected chi connectivity index (χ4v) is 3.60. The minimum atomic E-state index is -0.898. The highest BCUT2D eigenvalue weighted by atomic mass is 16.4. The van der Waals surface area contributed by atoms with Gasteiger partial charge in [0.15, 0.2) is 0 Å². The number of likely N-dealkylation sites (tertiary alicyclic amines) is 1. The molecule has 1 fully saturated rings. The van der Waals surface area contributed by atoms with Crippen LogP contribution in [0.2, 0.25) is 0 Å². The third kappa shape index (κ3) is 2.92. The van der Waals surface area contributed by atoms with Gasteiger partial charge in [0.05, 0.1) is 18.2 Å². The van der Waals surface area contributed by atoms with E-state index in [1.54, 1.807) is 26.5 Å². The van der Waals surface area contributed by atoms with Crippen LogP contribution in [0.3, 0.4) is 0 Å². The minimum Gasteiger partial charge on any atom is -0.481 e. The maximum atomic E-state index is 12.7. The quantitative estimate of drug-likeness (QED) is 0.902. The number of hydrogen-bond acceptors (Lipinski definition) is 4. The van der Waals surface area contributed by atoms with Crippen LogP contribution in [0.15, 0.2) is 12.4 Å². The monoisotopic (exact) mass is 345 g/mol. The van der Waals surface area contributed by atoms with Crippen molar-refractivity contribution < 1.29 is 14.7 Å². The first-order chi connectivity index (χ1) is 11.8. The van der Waals surface area contributed by atoms with Crippen LogP contribution in [-0.4, -0.2) is 41.2 Å². The Kier molecular flexibility index (Phi) is 4.36. The van der Waals surface area contributed by atoms with Crippen molar-refractivity contribution in [2.75, 3.05) is 0 Å². The van der Waals surface area contributed by atoms with Gasteiger partial charge in [-0.1, -0.05) is 0 Å². The first-order valence-corrected chi connectivity index (χ1v) is 8.29. The second kappa shape index (κ2) is 6.34. The number of carbonyl (C=O) groups is 2. The molecule has 1 amide bonds. The average Bonchev–Trinajstić information content (AvgIpc) is 3.06. The number of aliphatic carboxylic acids is 1. The van der Waals surface area contributed by atoms with Gasteiger partial charge in [-0.25, -0.2) is 4.98 Å². The van der Waals surface area contributed by atoms with Crippen molar-refractivity contribution in [1.82, 2.24) is 24.2 Å². The first-order valence-electron chi connectivity index (χ1n) is 8.29. The van der Waals surface area contributed by atoms with E-state index in [1.807, 2.05) is 27.9 Å². The van der Waals surface area contributed by atoms with E-state index in [2.05, 4.69) is 10.1 Å². The third-order valence-corrected chi connectivity index (χ3v) is 5.13. The van der Waals surface area contributed by atoms with Crippen LogP contribution >= 0.6 is 0 Å². The van der Waals surface area contributed by atoms with Gasteiger partial charge >= 0.3 is 5.97 Å². The summed E-state index contributed by atoms with van der Waals surface area (Å²) in [6.45, 7) is 4.20. The topological polar surface area (TPSA) is 93.2 Å². The number of imidazole rings is 1. The number of aromatic nitrogens is 4. The van der Waals surface area contributed by atoms with E-state index in [0.29, 0.717) is 18.8 Å². The zero-order chi connectivity index (χ0) is 18.3. The molecule has 1 aliphatic rings. The molecule has 2 aromatic heterocycles. The maximum absolute atomic E-state index is 12.7. The number of aryl methyl sites for hydroxylation is 3. The molecule has 3 heterocycles. The Labute approximate surface area is 146 Å². The zero-order valence-electron chi connectivity index (χ0n) is 14.9. The molecule has 0 radical (unpaired) electrons. The fraction of sp³-hybridized carbons (Fsp3) is 0.529. The van der Waals surface area contributed by atoms with Gasteiger partial charge in [0.2, 0.25) is 5.91 Å². The lowest BCUT2D eigenvalue weighted by atomic mass is 9.87. The summed E-state index contributed by atoms with van der Waals surface area (Å²) in [5.74, 6) is -1.02. The number of piperidine rings is 1. The van der Waals surface area contributed by atoms with Crippen molar-refractivity contribution >= 4 is 11.9 Å². The number of rotatable bonds is 4. The molecule has 0 spiro atoms. The minimum absolute atomic E-state index is 0.0480. The number of carboxylic acid groups (broad SMARTS) is 1. The molecule has 0 aliphatic carbocycles. The lowest BCUT2D eigenvalue weighted by Gasteiger charge is -2.39. The van der Waals surface area contributed by atoms with Crippen LogP contribution in [0.1, 0.15) is 41.7 Å². The molecule has 25 heavy (non-hydrogen) atoms. The van der Waals surface area contributed by atoms with Crippen LogP contribution in [-0.2, 0) is 30.2 Å². The van der Waals surface area contributed by atoms with E-state index in [4.69, 9.17) is 0 Å². The predicted molar refractivity (Wildman–Crippen MR) is 89.5 cm³/mol. The molecule has 0 bridgehead atoms.